The molecule has 1 amide bonds. The molecule has 3 aliphatic carbocycles. The molecule has 1 aromatic carbocycles. The summed E-state index contributed by atoms with van der Waals surface area (Å²) in [5, 5.41) is 10.8. The van der Waals surface area contributed by atoms with Crippen LogP contribution in [-0.2, 0) is 25.3 Å². The lowest BCUT2D eigenvalue weighted by molar-refractivity contribution is -0.199. The summed E-state index contributed by atoms with van der Waals surface area (Å²) in [6.07, 6.45) is 5.37. The number of nitrogens with two attached hydrogens (primary N) is 2. The maximum absolute atomic E-state index is 13.7. The van der Waals surface area contributed by atoms with Crippen molar-refractivity contribution in [2.45, 2.75) is 103 Å². The highest BCUT2D eigenvalue weighted by molar-refractivity contribution is 6.47. The first-order valence-electron chi connectivity index (χ1n) is 14.2. The molecular weight excluding hydrogens is 479 g/mol. The van der Waals surface area contributed by atoms with Crippen molar-refractivity contribution in [1.29, 1.82) is 5.41 Å². The number of Topliss-reactive ketones (excluding diaryl/α,β-unsaturated/α-hetero) is 1. The minimum Gasteiger partial charge on any atom is -0.404 e. The molecule has 2 bridgehead atoms. The minimum absolute atomic E-state index is 0.0145. The summed E-state index contributed by atoms with van der Waals surface area (Å²) in [6.45, 7) is 8.49. The van der Waals surface area contributed by atoms with Crippen LogP contribution >= 0.6 is 0 Å². The highest BCUT2D eigenvalue weighted by Crippen LogP contribution is 2.65. The number of ketones is 1. The normalized spacial score (nSPS) is 29.5. The van der Waals surface area contributed by atoms with Crippen LogP contribution in [0.1, 0.15) is 78.2 Å². The molecule has 1 aliphatic heterocycles. The smallest absolute Gasteiger partial charge is 0.404 e. The van der Waals surface area contributed by atoms with Crippen LogP contribution in [0.3, 0.4) is 0 Å². The van der Waals surface area contributed by atoms with E-state index in [4.69, 9.17) is 26.2 Å². The summed E-state index contributed by atoms with van der Waals surface area (Å²) in [5.74, 6) is 0.00644. The van der Waals surface area contributed by atoms with Gasteiger partial charge >= 0.3 is 7.12 Å². The average Bonchev–Trinajstić information content (AvgIpc) is 3.22. The van der Waals surface area contributed by atoms with E-state index in [-0.39, 0.29) is 47.0 Å². The van der Waals surface area contributed by atoms with Crippen molar-refractivity contribution in [2.75, 3.05) is 0 Å². The maximum atomic E-state index is 13.7. The van der Waals surface area contributed by atoms with Gasteiger partial charge in [-0.2, -0.15) is 0 Å². The van der Waals surface area contributed by atoms with Gasteiger partial charge in [0.1, 0.15) is 5.78 Å². The summed E-state index contributed by atoms with van der Waals surface area (Å²) in [7, 11) is -0.553. The highest BCUT2D eigenvalue weighted by Gasteiger charge is 2.68. The average molecular weight is 525 g/mol. The van der Waals surface area contributed by atoms with Crippen LogP contribution in [-0.4, -0.2) is 48.3 Å². The van der Waals surface area contributed by atoms with Crippen LogP contribution in [0.5, 0.6) is 0 Å². The van der Waals surface area contributed by atoms with Crippen molar-refractivity contribution in [2.24, 2.45) is 34.6 Å². The van der Waals surface area contributed by atoms with E-state index in [0.29, 0.717) is 31.1 Å². The summed E-state index contributed by atoms with van der Waals surface area (Å²) in [6, 6.07) is 9.12. The highest BCUT2D eigenvalue weighted by atomic mass is 16.7. The third kappa shape index (κ3) is 6.00. The van der Waals surface area contributed by atoms with E-state index in [1.54, 1.807) is 6.92 Å². The summed E-state index contributed by atoms with van der Waals surface area (Å²) >= 11 is 0. The first kappa shape index (κ1) is 28.8. The second-order valence-electron chi connectivity index (χ2n) is 12.6. The summed E-state index contributed by atoms with van der Waals surface area (Å²) < 4.78 is 13.2. The predicted octanol–water partition coefficient (Wildman–Crippen LogP) is 3.40. The van der Waals surface area contributed by atoms with Gasteiger partial charge in [0, 0.05) is 18.8 Å². The molecule has 8 nitrogen and oxygen atoms in total. The van der Waals surface area contributed by atoms with E-state index >= 15 is 0 Å². The Balaban J connectivity index is 1.50. The van der Waals surface area contributed by atoms with Gasteiger partial charge in [-0.05, 0) is 68.8 Å². The number of carbonyl (C=O) groups excluding carboxylic acids is 2. The number of amidine groups is 1. The van der Waals surface area contributed by atoms with Crippen LogP contribution in [0.25, 0.3) is 0 Å². The van der Waals surface area contributed by atoms with Crippen LogP contribution in [0.4, 0.5) is 0 Å². The standard InChI is InChI=1S/C29H45BN4O4/c1-18(31)22(35)15-20(14-19-10-6-5-7-11-19)27(36)34-25(12-8-9-13-26(32)33)30-37-24-17-21-16-23(28(21,2)3)29(24,4)38-30/h5-7,10-11,18,20-21,23-25H,8-9,12-17,31H2,1-4H3,(H3,32,33)(H,34,36)/t18-,20+,21-,23-,24?,25-,29-/m0/s1. The van der Waals surface area contributed by atoms with Gasteiger partial charge in [0.15, 0.2) is 0 Å². The zero-order valence-corrected chi connectivity index (χ0v) is 23.4. The molecule has 38 heavy (non-hydrogen) atoms. The number of hydrogen-bond donors (Lipinski definition) is 4. The number of unbranched alkanes of at least 4 members (excludes halogenated alkanes) is 1. The van der Waals surface area contributed by atoms with Gasteiger partial charge in [0.25, 0.3) is 0 Å². The fourth-order valence-corrected chi connectivity index (χ4v) is 6.91. The van der Waals surface area contributed by atoms with E-state index in [2.05, 4.69) is 26.1 Å². The molecule has 1 unspecified atom stereocenters. The van der Waals surface area contributed by atoms with Crippen molar-refractivity contribution in [1.82, 2.24) is 5.32 Å². The molecule has 9 heteroatoms. The molecule has 5 rings (SSSR count). The maximum Gasteiger partial charge on any atom is 0.481 e. The van der Waals surface area contributed by atoms with Crippen LogP contribution in [0, 0.1) is 28.6 Å². The summed E-state index contributed by atoms with van der Waals surface area (Å²) in [5.41, 5.74) is 12.3. The third-order valence-electron chi connectivity index (χ3n) is 9.49. The molecule has 0 radical (unpaired) electrons. The number of rotatable bonds is 13. The Morgan fingerprint density at radius 3 is 2.53 bits per heavy atom. The molecule has 0 spiro atoms. The monoisotopic (exact) mass is 524 g/mol. The Labute approximate surface area is 227 Å². The quantitative estimate of drug-likeness (QED) is 0.135. The van der Waals surface area contributed by atoms with Gasteiger partial charge in [-0.3, -0.25) is 15.0 Å². The van der Waals surface area contributed by atoms with Gasteiger partial charge in [0.2, 0.25) is 5.91 Å². The topological polar surface area (TPSA) is 141 Å². The van der Waals surface area contributed by atoms with Gasteiger partial charge in [-0.15, -0.1) is 0 Å². The van der Waals surface area contributed by atoms with E-state index in [1.807, 2.05) is 30.3 Å². The fourth-order valence-electron chi connectivity index (χ4n) is 6.91. The molecule has 1 saturated heterocycles. The second-order valence-corrected chi connectivity index (χ2v) is 12.6. The Kier molecular flexibility index (Phi) is 8.70. The number of hydrogen-bond acceptors (Lipinski definition) is 6. The van der Waals surface area contributed by atoms with Crippen molar-refractivity contribution >= 4 is 24.6 Å². The van der Waals surface area contributed by atoms with E-state index in [0.717, 1.165) is 31.2 Å². The molecule has 4 aliphatic rings. The van der Waals surface area contributed by atoms with E-state index < -0.39 is 19.1 Å². The van der Waals surface area contributed by atoms with Crippen molar-refractivity contribution < 1.29 is 18.9 Å². The van der Waals surface area contributed by atoms with Crippen LogP contribution in [0.2, 0.25) is 0 Å². The molecular formula is C29H45BN4O4. The van der Waals surface area contributed by atoms with Crippen LogP contribution in [0.15, 0.2) is 30.3 Å². The van der Waals surface area contributed by atoms with Crippen molar-refractivity contribution in [3.8, 4) is 0 Å². The number of carbonyl (C=O) groups is 2. The summed E-state index contributed by atoms with van der Waals surface area (Å²) in [4.78, 5) is 26.3. The predicted molar refractivity (Wildman–Crippen MR) is 149 cm³/mol. The van der Waals surface area contributed by atoms with Crippen molar-refractivity contribution in [3.05, 3.63) is 35.9 Å². The van der Waals surface area contributed by atoms with E-state index in [9.17, 15) is 9.59 Å². The van der Waals surface area contributed by atoms with Gasteiger partial charge < -0.3 is 26.1 Å². The first-order valence-corrected chi connectivity index (χ1v) is 14.2. The number of nitrogens with one attached hydrogen (secondary N) is 2. The molecule has 1 heterocycles. The number of benzene rings is 1. The van der Waals surface area contributed by atoms with Gasteiger partial charge in [0.05, 0.1) is 29.5 Å². The Morgan fingerprint density at radius 1 is 1.18 bits per heavy atom. The fraction of sp³-hybridized carbons (Fsp3) is 0.690. The SMILES string of the molecule is C[C@H](N)C(=O)C[C@@H](Cc1ccccc1)C(=O)N[C@@H](CCCCC(=N)N)B1OC2C[C@@H]3C[C@@H](C3(C)C)[C@]2(C)O1. The molecule has 1 aromatic rings. The third-order valence-corrected chi connectivity index (χ3v) is 9.49. The Bertz CT molecular complexity index is 1020. The number of amides is 1. The Hall–Kier alpha value is -2.23. The zero-order valence-electron chi connectivity index (χ0n) is 23.4. The first-order chi connectivity index (χ1) is 17.9. The second kappa shape index (κ2) is 11.5. The lowest BCUT2D eigenvalue weighted by atomic mass is 9.43. The van der Waals surface area contributed by atoms with Crippen LogP contribution < -0.4 is 16.8 Å². The molecule has 4 fully saturated rings. The minimum atomic E-state index is -0.622. The van der Waals surface area contributed by atoms with Gasteiger partial charge in [-0.1, -0.05) is 50.6 Å². The zero-order chi connectivity index (χ0) is 27.7. The van der Waals surface area contributed by atoms with Gasteiger partial charge in [-0.25, -0.2) is 0 Å². The molecule has 3 saturated carbocycles. The van der Waals surface area contributed by atoms with E-state index in [1.165, 1.54) is 0 Å². The lowest BCUT2D eigenvalue weighted by Crippen LogP contribution is -2.65. The molecule has 7 atom stereocenters. The lowest BCUT2D eigenvalue weighted by Gasteiger charge is -2.64. The largest absolute Gasteiger partial charge is 0.481 e. The van der Waals surface area contributed by atoms with Crippen molar-refractivity contribution in [3.63, 3.8) is 0 Å². The molecule has 6 N–H and O–H groups in total. The molecule has 0 aromatic heterocycles. The molecule has 208 valence electrons. The Morgan fingerprint density at radius 2 is 1.89 bits per heavy atom.